The van der Waals surface area contributed by atoms with E-state index in [1.807, 2.05) is 18.2 Å². The Morgan fingerprint density at radius 3 is 2.79 bits per heavy atom. The van der Waals surface area contributed by atoms with E-state index in [1.165, 1.54) is 5.56 Å². The van der Waals surface area contributed by atoms with Crippen LogP contribution in [0.15, 0.2) is 48.5 Å². The summed E-state index contributed by atoms with van der Waals surface area (Å²) in [4.78, 5) is 14.9. The Morgan fingerprint density at radius 1 is 1.18 bits per heavy atom. The van der Waals surface area contributed by atoms with Crippen molar-refractivity contribution in [1.29, 1.82) is 0 Å². The second-order valence-corrected chi connectivity index (χ2v) is 9.09. The molecule has 0 radical (unpaired) electrons. The topological polar surface area (TPSA) is 32.3 Å². The zero-order valence-electron chi connectivity index (χ0n) is 15.9. The number of carbonyl (C=O) groups excluding carboxylic acids is 1. The van der Waals surface area contributed by atoms with Gasteiger partial charge in [0.2, 0.25) is 5.91 Å². The van der Waals surface area contributed by atoms with Crippen molar-refractivity contribution in [1.82, 2.24) is 10.2 Å². The summed E-state index contributed by atoms with van der Waals surface area (Å²) in [6, 6.07) is 16.0. The minimum atomic E-state index is 0.0909. The van der Waals surface area contributed by atoms with E-state index in [2.05, 4.69) is 34.5 Å². The van der Waals surface area contributed by atoms with Gasteiger partial charge in [-0.2, -0.15) is 11.8 Å². The van der Waals surface area contributed by atoms with Crippen LogP contribution in [0, 0.1) is 5.92 Å². The van der Waals surface area contributed by atoms with E-state index in [0.717, 1.165) is 49.5 Å². The number of likely N-dealkylation sites (tertiary alicyclic amines) is 1. The van der Waals surface area contributed by atoms with Crippen molar-refractivity contribution >= 4 is 40.9 Å². The highest BCUT2D eigenvalue weighted by molar-refractivity contribution is 7.98. The SMILES string of the molecule is O=C(NCCSCc1ccc(Cl)cc1Cl)C1CCCN(Cc2ccccc2)C1. The summed E-state index contributed by atoms with van der Waals surface area (Å²) in [7, 11) is 0. The molecule has 0 bridgehead atoms. The van der Waals surface area contributed by atoms with Gasteiger partial charge in [0, 0.05) is 41.2 Å². The van der Waals surface area contributed by atoms with Crippen LogP contribution in [0.25, 0.3) is 0 Å². The lowest BCUT2D eigenvalue weighted by Crippen LogP contribution is -2.43. The van der Waals surface area contributed by atoms with Gasteiger partial charge in [0.05, 0.1) is 5.92 Å². The molecule has 1 unspecified atom stereocenters. The number of hydrogen-bond acceptors (Lipinski definition) is 3. The molecule has 2 aromatic carbocycles. The Bertz CT molecular complexity index is 772. The van der Waals surface area contributed by atoms with Crippen LogP contribution in [0.1, 0.15) is 24.0 Å². The van der Waals surface area contributed by atoms with Gasteiger partial charge < -0.3 is 5.32 Å². The van der Waals surface area contributed by atoms with Crippen LogP contribution in [-0.2, 0) is 17.1 Å². The fraction of sp³-hybridized carbons (Fsp3) is 0.409. The Labute approximate surface area is 181 Å². The Balaban J connectivity index is 1.36. The molecule has 0 aromatic heterocycles. The Kier molecular flexibility index (Phi) is 8.53. The summed E-state index contributed by atoms with van der Waals surface area (Å²) >= 11 is 13.9. The second-order valence-electron chi connectivity index (χ2n) is 7.14. The molecule has 1 amide bonds. The van der Waals surface area contributed by atoms with Gasteiger partial charge in [-0.1, -0.05) is 59.6 Å². The summed E-state index contributed by atoms with van der Waals surface area (Å²) in [6.07, 6.45) is 2.05. The average Bonchev–Trinajstić information content (AvgIpc) is 2.70. The van der Waals surface area contributed by atoms with Gasteiger partial charge in [0.25, 0.3) is 0 Å². The van der Waals surface area contributed by atoms with Crippen molar-refractivity contribution in [3.05, 3.63) is 69.7 Å². The monoisotopic (exact) mass is 436 g/mol. The van der Waals surface area contributed by atoms with Crippen molar-refractivity contribution in [2.45, 2.75) is 25.1 Å². The number of rotatable bonds is 8. The third-order valence-corrected chi connectivity index (χ3v) is 6.54. The maximum absolute atomic E-state index is 12.5. The van der Waals surface area contributed by atoms with Crippen LogP contribution < -0.4 is 5.32 Å². The molecule has 0 saturated carbocycles. The first-order valence-electron chi connectivity index (χ1n) is 9.67. The van der Waals surface area contributed by atoms with Crippen LogP contribution >= 0.6 is 35.0 Å². The molecule has 1 saturated heterocycles. The molecule has 1 heterocycles. The summed E-state index contributed by atoms with van der Waals surface area (Å²) in [6.45, 7) is 3.51. The number of amides is 1. The van der Waals surface area contributed by atoms with Gasteiger partial charge in [0.15, 0.2) is 0 Å². The molecule has 1 fully saturated rings. The van der Waals surface area contributed by atoms with Crippen molar-refractivity contribution in [3.63, 3.8) is 0 Å². The van der Waals surface area contributed by atoms with Crippen LogP contribution in [-0.4, -0.2) is 36.2 Å². The van der Waals surface area contributed by atoms with E-state index in [-0.39, 0.29) is 11.8 Å². The average molecular weight is 437 g/mol. The minimum Gasteiger partial charge on any atom is -0.355 e. The van der Waals surface area contributed by atoms with E-state index in [0.29, 0.717) is 16.6 Å². The summed E-state index contributed by atoms with van der Waals surface area (Å²) in [5.74, 6) is 1.96. The van der Waals surface area contributed by atoms with Gasteiger partial charge in [-0.15, -0.1) is 0 Å². The van der Waals surface area contributed by atoms with Crippen molar-refractivity contribution in [2.24, 2.45) is 5.92 Å². The molecule has 1 aliphatic heterocycles. The first-order chi connectivity index (χ1) is 13.6. The Hall–Kier alpha value is -1.20. The van der Waals surface area contributed by atoms with Crippen LogP contribution in [0.3, 0.4) is 0 Å². The van der Waals surface area contributed by atoms with E-state index < -0.39 is 0 Å². The lowest BCUT2D eigenvalue weighted by atomic mass is 9.96. The summed E-state index contributed by atoms with van der Waals surface area (Å²) in [5, 5.41) is 4.46. The highest BCUT2D eigenvalue weighted by atomic mass is 35.5. The number of halogens is 2. The van der Waals surface area contributed by atoms with Gasteiger partial charge in [-0.25, -0.2) is 0 Å². The normalized spacial score (nSPS) is 17.4. The van der Waals surface area contributed by atoms with Gasteiger partial charge in [0.1, 0.15) is 0 Å². The minimum absolute atomic E-state index is 0.0909. The van der Waals surface area contributed by atoms with Crippen LogP contribution in [0.5, 0.6) is 0 Å². The van der Waals surface area contributed by atoms with Gasteiger partial charge in [-0.3, -0.25) is 9.69 Å². The lowest BCUT2D eigenvalue weighted by molar-refractivity contribution is -0.126. The maximum Gasteiger partial charge on any atom is 0.224 e. The first kappa shape index (κ1) is 21.5. The molecule has 3 rings (SSSR count). The highest BCUT2D eigenvalue weighted by Gasteiger charge is 2.25. The number of nitrogens with zero attached hydrogens (tertiary/aromatic N) is 1. The van der Waals surface area contributed by atoms with Crippen LogP contribution in [0.2, 0.25) is 10.0 Å². The number of thioether (sulfide) groups is 1. The van der Waals surface area contributed by atoms with E-state index in [1.54, 1.807) is 17.8 Å². The molecule has 6 heteroatoms. The molecule has 0 spiro atoms. The zero-order chi connectivity index (χ0) is 19.8. The van der Waals surface area contributed by atoms with E-state index in [9.17, 15) is 4.79 Å². The molecule has 2 aromatic rings. The number of hydrogen-bond donors (Lipinski definition) is 1. The lowest BCUT2D eigenvalue weighted by Gasteiger charge is -2.32. The second kappa shape index (κ2) is 11.1. The predicted molar refractivity (Wildman–Crippen MR) is 120 cm³/mol. The number of carbonyl (C=O) groups is 1. The summed E-state index contributed by atoms with van der Waals surface area (Å²) < 4.78 is 0. The van der Waals surface area contributed by atoms with Crippen molar-refractivity contribution < 1.29 is 4.79 Å². The fourth-order valence-electron chi connectivity index (χ4n) is 3.47. The molecule has 0 aliphatic carbocycles. The predicted octanol–water partition coefficient (Wildman–Crippen LogP) is 5.26. The van der Waals surface area contributed by atoms with Gasteiger partial charge >= 0.3 is 0 Å². The maximum atomic E-state index is 12.5. The zero-order valence-corrected chi connectivity index (χ0v) is 18.2. The largest absolute Gasteiger partial charge is 0.355 e. The first-order valence-corrected chi connectivity index (χ1v) is 11.6. The van der Waals surface area contributed by atoms with Crippen LogP contribution in [0.4, 0.5) is 0 Å². The smallest absolute Gasteiger partial charge is 0.224 e. The fourth-order valence-corrected chi connectivity index (χ4v) is 4.88. The molecule has 28 heavy (non-hydrogen) atoms. The third-order valence-electron chi connectivity index (χ3n) is 4.94. The van der Waals surface area contributed by atoms with Crippen molar-refractivity contribution in [2.75, 3.05) is 25.4 Å². The molecule has 1 atom stereocenters. The number of benzene rings is 2. The van der Waals surface area contributed by atoms with E-state index in [4.69, 9.17) is 23.2 Å². The molecule has 1 aliphatic rings. The molecule has 1 N–H and O–H groups in total. The van der Waals surface area contributed by atoms with Crippen molar-refractivity contribution in [3.8, 4) is 0 Å². The number of nitrogens with one attached hydrogen (secondary N) is 1. The standard InChI is InChI=1S/C22H26Cl2N2OS/c23-20-9-8-19(21(24)13-20)16-28-12-10-25-22(27)18-7-4-11-26(15-18)14-17-5-2-1-3-6-17/h1-3,5-6,8-9,13,18H,4,7,10-12,14-16H2,(H,25,27). The van der Waals surface area contributed by atoms with Gasteiger partial charge in [-0.05, 0) is 42.6 Å². The number of piperidine rings is 1. The highest BCUT2D eigenvalue weighted by Crippen LogP contribution is 2.24. The third kappa shape index (κ3) is 6.70. The molecular weight excluding hydrogens is 411 g/mol. The molecule has 3 nitrogen and oxygen atoms in total. The van der Waals surface area contributed by atoms with E-state index >= 15 is 0 Å². The summed E-state index contributed by atoms with van der Waals surface area (Å²) in [5.41, 5.74) is 2.38. The molecular formula is C22H26Cl2N2OS. The molecule has 150 valence electrons. The Morgan fingerprint density at radius 2 is 2.00 bits per heavy atom. The quantitative estimate of drug-likeness (QED) is 0.573.